The van der Waals surface area contributed by atoms with Gasteiger partial charge in [-0.3, -0.25) is 9.59 Å². The van der Waals surface area contributed by atoms with Crippen molar-refractivity contribution in [3.05, 3.63) is 57.8 Å². The summed E-state index contributed by atoms with van der Waals surface area (Å²) in [6.45, 7) is -0.333. The predicted molar refractivity (Wildman–Crippen MR) is 121 cm³/mol. The van der Waals surface area contributed by atoms with Gasteiger partial charge in [0.1, 0.15) is 17.1 Å². The highest BCUT2D eigenvalue weighted by Crippen LogP contribution is 2.34. The van der Waals surface area contributed by atoms with Gasteiger partial charge in [-0.25, -0.2) is 0 Å². The Balaban J connectivity index is 1.34. The molecule has 1 aromatic heterocycles. The van der Waals surface area contributed by atoms with Crippen molar-refractivity contribution in [3.63, 3.8) is 0 Å². The third-order valence-electron chi connectivity index (χ3n) is 5.32. The monoisotopic (exact) mass is 460 g/mol. The van der Waals surface area contributed by atoms with Crippen molar-refractivity contribution in [2.24, 2.45) is 0 Å². The Hall–Kier alpha value is -2.70. The number of carbonyl (C=O) groups excluding carboxylic acids is 2. The zero-order valence-corrected chi connectivity index (χ0v) is 18.6. The van der Waals surface area contributed by atoms with Crippen LogP contribution in [0.2, 0.25) is 10.0 Å². The predicted octanol–water partition coefficient (Wildman–Crippen LogP) is 5.09. The summed E-state index contributed by atoms with van der Waals surface area (Å²) in [4.78, 5) is 26.0. The minimum Gasteiger partial charge on any atom is -0.484 e. The van der Waals surface area contributed by atoms with Gasteiger partial charge < -0.3 is 19.4 Å². The number of nitrogens with zero attached hydrogens (tertiary/aromatic N) is 1. The Kier molecular flexibility index (Phi) is 6.39. The SMILES string of the molecule is CN(CC(=O)Nc1c(Cl)cccc1Cl)C(=O)COc1ccc2oc3c(c2c1)CCCC3. The molecule has 4 rings (SSSR count). The lowest BCUT2D eigenvalue weighted by Gasteiger charge is -2.18. The van der Waals surface area contributed by atoms with Crippen molar-refractivity contribution >= 4 is 51.7 Å². The van der Waals surface area contributed by atoms with Gasteiger partial charge in [0.05, 0.1) is 22.3 Å². The van der Waals surface area contributed by atoms with Gasteiger partial charge in [-0.2, -0.15) is 0 Å². The Morgan fingerprint density at radius 3 is 2.65 bits per heavy atom. The summed E-state index contributed by atoms with van der Waals surface area (Å²) in [5.74, 6) is 0.918. The number of para-hydroxylation sites is 1. The van der Waals surface area contributed by atoms with Crippen LogP contribution in [-0.2, 0) is 22.4 Å². The molecular formula is C23H22Cl2N2O4. The lowest BCUT2D eigenvalue weighted by atomic mass is 9.96. The molecule has 0 saturated carbocycles. The van der Waals surface area contributed by atoms with Gasteiger partial charge >= 0.3 is 0 Å². The molecule has 1 aliphatic rings. The molecule has 162 valence electrons. The first-order valence-electron chi connectivity index (χ1n) is 10.1. The molecule has 0 bridgehead atoms. The van der Waals surface area contributed by atoms with E-state index in [9.17, 15) is 9.59 Å². The van der Waals surface area contributed by atoms with Crippen LogP contribution in [0.5, 0.6) is 5.75 Å². The molecule has 0 spiro atoms. The summed E-state index contributed by atoms with van der Waals surface area (Å²) in [6, 6.07) is 10.5. The normalized spacial score (nSPS) is 13.0. The van der Waals surface area contributed by atoms with Crippen molar-refractivity contribution in [3.8, 4) is 5.75 Å². The second kappa shape index (κ2) is 9.20. The van der Waals surface area contributed by atoms with Gasteiger partial charge in [-0.15, -0.1) is 0 Å². The Morgan fingerprint density at radius 2 is 1.87 bits per heavy atom. The van der Waals surface area contributed by atoms with Gasteiger partial charge in [0.25, 0.3) is 5.91 Å². The first-order chi connectivity index (χ1) is 14.9. The smallest absolute Gasteiger partial charge is 0.260 e. The van der Waals surface area contributed by atoms with Gasteiger partial charge in [0, 0.05) is 24.4 Å². The molecule has 3 aromatic rings. The second-order valence-corrected chi connectivity index (χ2v) is 8.37. The number of anilines is 1. The average molecular weight is 461 g/mol. The van der Waals surface area contributed by atoms with Crippen LogP contribution in [0, 0.1) is 0 Å². The Labute approximate surface area is 190 Å². The number of hydrogen-bond acceptors (Lipinski definition) is 4. The van der Waals surface area contributed by atoms with Gasteiger partial charge in [-0.1, -0.05) is 29.3 Å². The van der Waals surface area contributed by atoms with Crippen LogP contribution >= 0.6 is 23.2 Å². The minimum absolute atomic E-state index is 0.155. The third-order valence-corrected chi connectivity index (χ3v) is 5.95. The topological polar surface area (TPSA) is 71.8 Å². The van der Waals surface area contributed by atoms with E-state index in [1.807, 2.05) is 12.1 Å². The molecule has 0 aliphatic heterocycles. The molecule has 2 aromatic carbocycles. The molecule has 0 fully saturated rings. The summed E-state index contributed by atoms with van der Waals surface area (Å²) in [5, 5.41) is 4.34. The molecule has 1 heterocycles. The van der Waals surface area contributed by atoms with Crippen LogP contribution in [0.3, 0.4) is 0 Å². The maximum Gasteiger partial charge on any atom is 0.260 e. The quantitative estimate of drug-likeness (QED) is 0.555. The summed E-state index contributed by atoms with van der Waals surface area (Å²) >= 11 is 12.1. The van der Waals surface area contributed by atoms with Crippen LogP contribution in [0.4, 0.5) is 5.69 Å². The van der Waals surface area contributed by atoms with E-state index in [1.54, 1.807) is 24.3 Å². The average Bonchev–Trinajstić information content (AvgIpc) is 3.12. The first-order valence-corrected chi connectivity index (χ1v) is 10.8. The second-order valence-electron chi connectivity index (χ2n) is 7.55. The summed E-state index contributed by atoms with van der Waals surface area (Å²) in [7, 11) is 1.54. The maximum atomic E-state index is 12.4. The van der Waals surface area contributed by atoms with E-state index >= 15 is 0 Å². The molecule has 0 atom stereocenters. The molecule has 2 amide bonds. The van der Waals surface area contributed by atoms with Crippen molar-refractivity contribution < 1.29 is 18.7 Å². The molecule has 1 aliphatic carbocycles. The highest BCUT2D eigenvalue weighted by Gasteiger charge is 2.19. The summed E-state index contributed by atoms with van der Waals surface area (Å²) < 4.78 is 11.6. The zero-order valence-electron chi connectivity index (χ0n) is 17.0. The fraction of sp³-hybridized carbons (Fsp3) is 0.304. The number of rotatable bonds is 6. The van der Waals surface area contributed by atoms with Gasteiger partial charge in [0.15, 0.2) is 6.61 Å². The number of nitrogens with one attached hydrogen (secondary N) is 1. The maximum absolute atomic E-state index is 12.4. The van der Waals surface area contributed by atoms with Crippen molar-refractivity contribution in [1.29, 1.82) is 0 Å². The standard InChI is InChI=1S/C23H22Cl2N2O4/c1-27(12-21(28)26-23-17(24)6-4-7-18(23)25)22(29)13-30-14-9-10-20-16(11-14)15-5-2-3-8-19(15)31-20/h4,6-7,9-11H,2-3,5,8,12-13H2,1H3,(H,26,28). The van der Waals surface area contributed by atoms with E-state index in [0.717, 1.165) is 42.4 Å². The molecular weight excluding hydrogens is 439 g/mol. The summed E-state index contributed by atoms with van der Waals surface area (Å²) in [5.41, 5.74) is 2.41. The van der Waals surface area contributed by atoms with E-state index in [-0.39, 0.29) is 19.1 Å². The van der Waals surface area contributed by atoms with Gasteiger partial charge in [0.2, 0.25) is 5.91 Å². The molecule has 6 nitrogen and oxygen atoms in total. The molecule has 8 heteroatoms. The van der Waals surface area contributed by atoms with Crippen molar-refractivity contribution in [2.45, 2.75) is 25.7 Å². The molecule has 31 heavy (non-hydrogen) atoms. The molecule has 1 N–H and O–H groups in total. The van der Waals surface area contributed by atoms with Crippen LogP contribution < -0.4 is 10.1 Å². The van der Waals surface area contributed by atoms with Crippen molar-refractivity contribution in [1.82, 2.24) is 4.90 Å². The third kappa shape index (κ3) is 4.81. The number of aryl methyl sites for hydroxylation is 2. The number of furan rings is 1. The molecule has 0 unspecified atom stereocenters. The molecule has 0 radical (unpaired) electrons. The molecule has 0 saturated heterocycles. The van der Waals surface area contributed by atoms with E-state index in [4.69, 9.17) is 32.4 Å². The van der Waals surface area contributed by atoms with E-state index < -0.39 is 5.91 Å². The van der Waals surface area contributed by atoms with Gasteiger partial charge in [-0.05, 0) is 49.6 Å². The number of halogens is 2. The number of fused-ring (bicyclic) bond motifs is 3. The highest BCUT2D eigenvalue weighted by molar-refractivity contribution is 6.39. The first kappa shape index (κ1) is 21.5. The summed E-state index contributed by atoms with van der Waals surface area (Å²) in [6.07, 6.45) is 4.26. The largest absolute Gasteiger partial charge is 0.484 e. The van der Waals surface area contributed by atoms with Crippen LogP contribution in [0.25, 0.3) is 11.0 Å². The fourth-order valence-corrected chi connectivity index (χ4v) is 4.18. The fourth-order valence-electron chi connectivity index (χ4n) is 3.69. The number of carbonyl (C=O) groups is 2. The number of amides is 2. The Bertz CT molecular complexity index is 1120. The van der Waals surface area contributed by atoms with Crippen LogP contribution in [0.15, 0.2) is 40.8 Å². The van der Waals surface area contributed by atoms with Crippen molar-refractivity contribution in [2.75, 3.05) is 25.5 Å². The lowest BCUT2D eigenvalue weighted by molar-refractivity contribution is -0.135. The zero-order chi connectivity index (χ0) is 22.0. The minimum atomic E-state index is -0.405. The lowest BCUT2D eigenvalue weighted by Crippen LogP contribution is -2.37. The van der Waals surface area contributed by atoms with E-state index in [2.05, 4.69) is 5.32 Å². The number of benzene rings is 2. The van der Waals surface area contributed by atoms with Crippen LogP contribution in [0.1, 0.15) is 24.2 Å². The van der Waals surface area contributed by atoms with E-state index in [1.165, 1.54) is 17.5 Å². The number of likely N-dealkylation sites (N-methyl/N-ethyl adjacent to an activating group) is 1. The van der Waals surface area contributed by atoms with E-state index in [0.29, 0.717) is 21.5 Å². The van der Waals surface area contributed by atoms with Crippen LogP contribution in [-0.4, -0.2) is 36.9 Å². The number of ether oxygens (including phenoxy) is 1. The highest BCUT2D eigenvalue weighted by atomic mass is 35.5. The Morgan fingerprint density at radius 1 is 1.13 bits per heavy atom. The number of hydrogen-bond donors (Lipinski definition) is 1.